The Morgan fingerprint density at radius 1 is 1.25 bits per heavy atom. The van der Waals surface area contributed by atoms with Gasteiger partial charge in [-0.2, -0.15) is 0 Å². The molecule has 0 aromatic heterocycles. The second-order valence-corrected chi connectivity index (χ2v) is 6.95. The average Bonchev–Trinajstić information content (AvgIpc) is 2.77. The summed E-state index contributed by atoms with van der Waals surface area (Å²) in [5.41, 5.74) is 8.01. The fourth-order valence-corrected chi connectivity index (χ4v) is 3.18. The lowest BCUT2D eigenvalue weighted by Crippen LogP contribution is -2.27. The van der Waals surface area contributed by atoms with E-state index in [0.29, 0.717) is 23.3 Å². The number of amides is 1. The van der Waals surface area contributed by atoms with E-state index in [2.05, 4.69) is 33.0 Å². The smallest absolute Gasteiger partial charge is 0.251 e. The molecule has 1 fully saturated rings. The summed E-state index contributed by atoms with van der Waals surface area (Å²) in [4.78, 5) is 12.2. The van der Waals surface area contributed by atoms with Crippen LogP contribution in [-0.2, 0) is 6.42 Å². The highest BCUT2D eigenvalue weighted by molar-refractivity contribution is 5.94. The fraction of sp³-hybridized carbons (Fsp3) is 0.588. The Bertz CT molecular complexity index is 491. The Morgan fingerprint density at radius 3 is 2.45 bits per heavy atom. The topological polar surface area (TPSA) is 55.1 Å². The van der Waals surface area contributed by atoms with Crippen LogP contribution in [0.1, 0.15) is 43.6 Å². The molecule has 3 nitrogen and oxygen atoms in total. The molecule has 1 aliphatic carbocycles. The summed E-state index contributed by atoms with van der Waals surface area (Å²) in [6.07, 6.45) is 0.809. The lowest BCUT2D eigenvalue weighted by atomic mass is 10.0. The van der Waals surface area contributed by atoms with Crippen LogP contribution in [-0.4, -0.2) is 19.0 Å². The van der Waals surface area contributed by atoms with Crippen molar-refractivity contribution in [3.8, 4) is 0 Å². The van der Waals surface area contributed by atoms with E-state index in [1.165, 1.54) is 0 Å². The molecule has 0 bridgehead atoms. The van der Waals surface area contributed by atoms with Gasteiger partial charge >= 0.3 is 0 Å². The van der Waals surface area contributed by atoms with Crippen molar-refractivity contribution in [2.75, 3.05) is 13.1 Å². The molecule has 1 aromatic carbocycles. The van der Waals surface area contributed by atoms with Gasteiger partial charge in [0.05, 0.1) is 0 Å². The van der Waals surface area contributed by atoms with E-state index in [1.54, 1.807) is 0 Å². The Labute approximate surface area is 121 Å². The Balaban J connectivity index is 1.95. The molecule has 0 aliphatic heterocycles. The van der Waals surface area contributed by atoms with Crippen molar-refractivity contribution < 1.29 is 4.79 Å². The van der Waals surface area contributed by atoms with Crippen molar-refractivity contribution in [1.82, 2.24) is 5.32 Å². The molecule has 2 rings (SSSR count). The number of nitrogens with one attached hydrogen (secondary N) is 1. The van der Waals surface area contributed by atoms with Crippen molar-refractivity contribution in [3.05, 3.63) is 35.4 Å². The number of nitrogens with two attached hydrogens (primary N) is 1. The van der Waals surface area contributed by atoms with Crippen LogP contribution in [0.15, 0.2) is 24.3 Å². The second kappa shape index (κ2) is 5.21. The molecule has 0 heterocycles. The van der Waals surface area contributed by atoms with Gasteiger partial charge < -0.3 is 11.1 Å². The molecule has 110 valence electrons. The molecule has 0 radical (unpaired) electrons. The summed E-state index contributed by atoms with van der Waals surface area (Å²) in [6, 6.07) is 7.73. The first-order valence-electron chi connectivity index (χ1n) is 7.38. The third kappa shape index (κ3) is 2.59. The van der Waals surface area contributed by atoms with Crippen LogP contribution in [0.3, 0.4) is 0 Å². The monoisotopic (exact) mass is 274 g/mol. The zero-order chi connectivity index (χ0) is 15.0. The summed E-state index contributed by atoms with van der Waals surface area (Å²) in [7, 11) is 0. The fourth-order valence-electron chi connectivity index (χ4n) is 3.18. The first-order chi connectivity index (χ1) is 9.30. The minimum atomic E-state index is 0.0161. The molecule has 20 heavy (non-hydrogen) atoms. The molecule has 0 saturated heterocycles. The molecule has 0 unspecified atom stereocenters. The molecule has 1 aliphatic rings. The van der Waals surface area contributed by atoms with Crippen LogP contribution >= 0.6 is 0 Å². The van der Waals surface area contributed by atoms with E-state index >= 15 is 0 Å². The zero-order valence-corrected chi connectivity index (χ0v) is 13.0. The normalized spacial score (nSPS) is 19.6. The van der Waals surface area contributed by atoms with E-state index in [1.807, 2.05) is 24.3 Å². The summed E-state index contributed by atoms with van der Waals surface area (Å²) in [5.74, 6) is 0.563. The van der Waals surface area contributed by atoms with Crippen LogP contribution in [0.5, 0.6) is 0 Å². The molecule has 0 atom stereocenters. The number of carbonyl (C=O) groups is 1. The van der Waals surface area contributed by atoms with Crippen LogP contribution in [0.25, 0.3) is 0 Å². The first-order valence-corrected chi connectivity index (χ1v) is 7.38. The van der Waals surface area contributed by atoms with Gasteiger partial charge in [-0.3, -0.25) is 4.79 Å². The van der Waals surface area contributed by atoms with E-state index in [0.717, 1.165) is 24.1 Å². The minimum absolute atomic E-state index is 0.0161. The van der Waals surface area contributed by atoms with Crippen molar-refractivity contribution in [2.45, 2.75) is 34.1 Å². The van der Waals surface area contributed by atoms with Gasteiger partial charge in [0.25, 0.3) is 5.91 Å². The minimum Gasteiger partial charge on any atom is -0.352 e. The largest absolute Gasteiger partial charge is 0.352 e. The second-order valence-electron chi connectivity index (χ2n) is 6.95. The SMILES string of the molecule is CC1(C)C(CNC(=O)c2cccc(CCN)c2)C1(C)C. The van der Waals surface area contributed by atoms with Gasteiger partial charge in [0.15, 0.2) is 0 Å². The Morgan fingerprint density at radius 2 is 1.90 bits per heavy atom. The van der Waals surface area contributed by atoms with Crippen LogP contribution < -0.4 is 11.1 Å². The van der Waals surface area contributed by atoms with E-state index in [9.17, 15) is 4.79 Å². The van der Waals surface area contributed by atoms with Crippen molar-refractivity contribution >= 4 is 5.91 Å². The van der Waals surface area contributed by atoms with Crippen LogP contribution in [0.4, 0.5) is 0 Å². The van der Waals surface area contributed by atoms with Crippen molar-refractivity contribution in [2.24, 2.45) is 22.5 Å². The molecule has 1 aromatic rings. The number of hydrogen-bond acceptors (Lipinski definition) is 2. The number of rotatable bonds is 5. The van der Waals surface area contributed by atoms with Gasteiger partial charge in [-0.15, -0.1) is 0 Å². The predicted molar refractivity (Wildman–Crippen MR) is 82.6 cm³/mol. The summed E-state index contributed by atoms with van der Waals surface area (Å²) >= 11 is 0. The highest BCUT2D eigenvalue weighted by atomic mass is 16.1. The van der Waals surface area contributed by atoms with E-state index < -0.39 is 0 Å². The molecule has 3 N–H and O–H groups in total. The average molecular weight is 274 g/mol. The van der Waals surface area contributed by atoms with Crippen LogP contribution in [0, 0.1) is 16.7 Å². The Kier molecular flexibility index (Phi) is 3.92. The molecular weight excluding hydrogens is 248 g/mol. The van der Waals surface area contributed by atoms with Gasteiger partial charge in [0, 0.05) is 12.1 Å². The van der Waals surface area contributed by atoms with Crippen molar-refractivity contribution in [3.63, 3.8) is 0 Å². The van der Waals surface area contributed by atoms with Crippen LogP contribution in [0.2, 0.25) is 0 Å². The standard InChI is InChI=1S/C17H26N2O/c1-16(2)14(17(16,3)4)11-19-15(20)13-7-5-6-12(10-13)8-9-18/h5-7,10,14H,8-9,11,18H2,1-4H3,(H,19,20). The third-order valence-corrected chi connectivity index (χ3v) is 5.41. The number of benzene rings is 1. The molecule has 1 saturated carbocycles. The van der Waals surface area contributed by atoms with Gasteiger partial charge in [0.1, 0.15) is 0 Å². The van der Waals surface area contributed by atoms with Gasteiger partial charge in [0.2, 0.25) is 0 Å². The quantitative estimate of drug-likeness (QED) is 0.867. The molecule has 0 spiro atoms. The Hall–Kier alpha value is -1.35. The first kappa shape index (κ1) is 15.0. The van der Waals surface area contributed by atoms with Gasteiger partial charge in [-0.1, -0.05) is 39.8 Å². The number of hydrogen-bond donors (Lipinski definition) is 2. The van der Waals surface area contributed by atoms with E-state index in [-0.39, 0.29) is 5.91 Å². The summed E-state index contributed by atoms with van der Waals surface area (Å²) in [5, 5.41) is 3.07. The highest BCUT2D eigenvalue weighted by Crippen LogP contribution is 2.67. The lowest BCUT2D eigenvalue weighted by molar-refractivity contribution is 0.0950. The molecule has 3 heteroatoms. The zero-order valence-electron chi connectivity index (χ0n) is 13.0. The molecular formula is C17H26N2O. The highest BCUT2D eigenvalue weighted by Gasteiger charge is 2.64. The lowest BCUT2D eigenvalue weighted by Gasteiger charge is -2.08. The predicted octanol–water partition coefficient (Wildman–Crippen LogP) is 2.60. The summed E-state index contributed by atoms with van der Waals surface area (Å²) < 4.78 is 0. The maximum Gasteiger partial charge on any atom is 0.251 e. The van der Waals surface area contributed by atoms with E-state index in [4.69, 9.17) is 5.73 Å². The van der Waals surface area contributed by atoms with Crippen molar-refractivity contribution in [1.29, 1.82) is 0 Å². The number of carbonyl (C=O) groups excluding carboxylic acids is 1. The van der Waals surface area contributed by atoms with Gasteiger partial charge in [-0.25, -0.2) is 0 Å². The molecule has 1 amide bonds. The maximum absolute atomic E-state index is 12.2. The third-order valence-electron chi connectivity index (χ3n) is 5.41. The van der Waals surface area contributed by atoms with Gasteiger partial charge in [-0.05, 0) is 47.4 Å². The summed E-state index contributed by atoms with van der Waals surface area (Å²) in [6.45, 7) is 10.4. The maximum atomic E-state index is 12.2.